The van der Waals surface area contributed by atoms with Crippen LogP contribution in [0.25, 0.3) is 0 Å². The van der Waals surface area contributed by atoms with E-state index in [4.69, 9.17) is 0 Å². The topological polar surface area (TPSA) is 104 Å². The molecule has 0 fully saturated rings. The highest BCUT2D eigenvalue weighted by Crippen LogP contribution is 2.21. The van der Waals surface area contributed by atoms with Gasteiger partial charge in [0.2, 0.25) is 21.8 Å². The first-order chi connectivity index (χ1) is 16.4. The smallest absolute Gasteiger partial charge is 0.244 e. The number of nitrogens with one attached hydrogen (secondary N) is 1. The normalized spacial score (nSPS) is 12.0. The van der Waals surface area contributed by atoms with Gasteiger partial charge in [-0.25, -0.2) is 8.42 Å². The summed E-state index contributed by atoms with van der Waals surface area (Å²) in [5, 5.41) is 2.84. The van der Waals surface area contributed by atoms with Gasteiger partial charge in [0.15, 0.2) is 5.78 Å². The molecule has 1 N–H and O–H groups in total. The Labute approximate surface area is 215 Å². The Morgan fingerprint density at radius 2 is 1.74 bits per heavy atom. The van der Waals surface area contributed by atoms with Crippen molar-refractivity contribution < 1.29 is 22.8 Å². The molecule has 2 amide bonds. The van der Waals surface area contributed by atoms with Gasteiger partial charge in [0.05, 0.1) is 11.9 Å². The molecule has 0 spiro atoms. The minimum absolute atomic E-state index is 0.125. The first kappa shape index (κ1) is 28.5. The monoisotopic (exact) mass is 565 g/mol. The SMILES string of the molecule is CCCCNC(=O)[C@H](C)N(Cc1ccc(Br)cc1)C(=O)CN(c1cccc(C(C)=O)c1)S(C)(=O)=O. The highest BCUT2D eigenvalue weighted by atomic mass is 79.9. The number of rotatable bonds is 12. The summed E-state index contributed by atoms with van der Waals surface area (Å²) in [6.07, 6.45) is 2.73. The fourth-order valence-electron chi connectivity index (χ4n) is 3.40. The molecule has 0 aliphatic heterocycles. The van der Waals surface area contributed by atoms with Crippen LogP contribution in [0.15, 0.2) is 53.0 Å². The highest BCUT2D eigenvalue weighted by molar-refractivity contribution is 9.10. The molecule has 0 unspecified atom stereocenters. The second kappa shape index (κ2) is 12.8. The molecule has 0 bridgehead atoms. The van der Waals surface area contributed by atoms with Crippen molar-refractivity contribution >= 4 is 49.2 Å². The Morgan fingerprint density at radius 1 is 1.09 bits per heavy atom. The van der Waals surface area contributed by atoms with Gasteiger partial charge < -0.3 is 10.2 Å². The van der Waals surface area contributed by atoms with E-state index < -0.39 is 28.5 Å². The molecule has 2 aromatic rings. The van der Waals surface area contributed by atoms with Gasteiger partial charge in [0.1, 0.15) is 12.6 Å². The van der Waals surface area contributed by atoms with Crippen LogP contribution in [0.3, 0.4) is 0 Å². The molecule has 0 saturated heterocycles. The van der Waals surface area contributed by atoms with E-state index in [1.54, 1.807) is 19.1 Å². The standard InChI is InChI=1S/C25H32BrN3O5S/c1-5-6-14-27-25(32)18(2)28(16-20-10-12-22(26)13-11-20)24(31)17-29(35(4,33)34)23-9-7-8-21(15-23)19(3)30/h7-13,15,18H,5-6,14,16-17H2,1-4H3,(H,27,32)/t18-/m0/s1. The number of anilines is 1. The summed E-state index contributed by atoms with van der Waals surface area (Å²) in [5.74, 6) is -1.07. The molecular formula is C25H32BrN3O5S. The van der Waals surface area contributed by atoms with Crippen LogP contribution in [0.4, 0.5) is 5.69 Å². The zero-order valence-corrected chi connectivity index (χ0v) is 22.9. The average molecular weight is 567 g/mol. The number of carbonyl (C=O) groups is 3. The molecule has 0 radical (unpaired) electrons. The van der Waals surface area contributed by atoms with Crippen molar-refractivity contribution in [3.63, 3.8) is 0 Å². The van der Waals surface area contributed by atoms with Crippen LogP contribution in [0, 0.1) is 0 Å². The van der Waals surface area contributed by atoms with E-state index in [1.807, 2.05) is 31.2 Å². The summed E-state index contributed by atoms with van der Waals surface area (Å²) < 4.78 is 27.1. The summed E-state index contributed by atoms with van der Waals surface area (Å²) in [4.78, 5) is 39.5. The van der Waals surface area contributed by atoms with Gasteiger partial charge in [-0.15, -0.1) is 0 Å². The first-order valence-electron chi connectivity index (χ1n) is 11.3. The van der Waals surface area contributed by atoms with E-state index in [9.17, 15) is 22.8 Å². The maximum absolute atomic E-state index is 13.5. The number of Topliss-reactive ketones (excluding diaryl/α,β-unsaturated/α-hetero) is 1. The van der Waals surface area contributed by atoms with E-state index in [1.165, 1.54) is 24.0 Å². The molecule has 1 atom stereocenters. The number of benzene rings is 2. The first-order valence-corrected chi connectivity index (χ1v) is 14.0. The molecular weight excluding hydrogens is 534 g/mol. The van der Waals surface area contributed by atoms with Crippen molar-refractivity contribution in [2.24, 2.45) is 0 Å². The zero-order chi connectivity index (χ0) is 26.2. The van der Waals surface area contributed by atoms with Crippen LogP contribution in [0.5, 0.6) is 0 Å². The maximum atomic E-state index is 13.5. The van der Waals surface area contributed by atoms with Crippen molar-refractivity contribution in [3.05, 3.63) is 64.1 Å². The van der Waals surface area contributed by atoms with E-state index in [2.05, 4.69) is 21.2 Å². The van der Waals surface area contributed by atoms with Gasteiger partial charge in [-0.3, -0.25) is 18.7 Å². The van der Waals surface area contributed by atoms with Crippen molar-refractivity contribution in [1.29, 1.82) is 0 Å². The number of halogens is 1. The Kier molecular flexibility index (Phi) is 10.5. The van der Waals surface area contributed by atoms with Crippen molar-refractivity contribution in [1.82, 2.24) is 10.2 Å². The summed E-state index contributed by atoms with van der Waals surface area (Å²) in [6.45, 7) is 5.13. The Morgan fingerprint density at radius 3 is 2.31 bits per heavy atom. The molecule has 190 valence electrons. The minimum atomic E-state index is -3.86. The second-order valence-corrected chi connectivity index (χ2v) is 11.2. The quantitative estimate of drug-likeness (QED) is 0.312. The Balaban J connectivity index is 2.38. The fourth-order valence-corrected chi connectivity index (χ4v) is 4.50. The average Bonchev–Trinajstić information content (AvgIpc) is 2.81. The van der Waals surface area contributed by atoms with Crippen LogP contribution in [-0.4, -0.2) is 56.3 Å². The summed E-state index contributed by atoms with van der Waals surface area (Å²) in [6, 6.07) is 12.6. The number of ketones is 1. The molecule has 8 nitrogen and oxygen atoms in total. The number of nitrogens with zero attached hydrogens (tertiary/aromatic N) is 2. The molecule has 10 heteroatoms. The van der Waals surface area contributed by atoms with Crippen molar-refractivity contribution in [2.75, 3.05) is 23.7 Å². The van der Waals surface area contributed by atoms with Crippen LogP contribution in [0.2, 0.25) is 0 Å². The molecule has 0 aliphatic carbocycles. The zero-order valence-electron chi connectivity index (χ0n) is 20.5. The third-order valence-corrected chi connectivity index (χ3v) is 7.15. The predicted molar refractivity (Wildman–Crippen MR) is 141 cm³/mol. The molecule has 0 heterocycles. The number of carbonyl (C=O) groups excluding carboxylic acids is 3. The van der Waals surface area contributed by atoms with Crippen LogP contribution < -0.4 is 9.62 Å². The molecule has 0 aliphatic rings. The van der Waals surface area contributed by atoms with Gasteiger partial charge in [-0.2, -0.15) is 0 Å². The summed E-state index contributed by atoms with van der Waals surface area (Å²) in [7, 11) is -3.86. The Hall–Kier alpha value is -2.72. The second-order valence-electron chi connectivity index (χ2n) is 8.34. The highest BCUT2D eigenvalue weighted by Gasteiger charge is 2.30. The lowest BCUT2D eigenvalue weighted by Crippen LogP contribution is -2.51. The molecule has 2 aromatic carbocycles. The number of amides is 2. The molecule has 0 saturated carbocycles. The fraction of sp³-hybridized carbons (Fsp3) is 0.400. The number of unbranched alkanes of at least 4 members (excludes halogenated alkanes) is 1. The third kappa shape index (κ3) is 8.47. The van der Waals surface area contributed by atoms with Gasteiger partial charge in [0, 0.05) is 23.1 Å². The predicted octanol–water partition coefficient (Wildman–Crippen LogP) is 3.75. The van der Waals surface area contributed by atoms with Gasteiger partial charge in [-0.1, -0.05) is 53.5 Å². The lowest BCUT2D eigenvalue weighted by Gasteiger charge is -2.31. The van der Waals surface area contributed by atoms with Gasteiger partial charge >= 0.3 is 0 Å². The molecule has 2 rings (SSSR count). The third-order valence-electron chi connectivity index (χ3n) is 5.48. The van der Waals surface area contributed by atoms with E-state index in [-0.39, 0.29) is 23.9 Å². The van der Waals surface area contributed by atoms with Crippen molar-refractivity contribution in [3.8, 4) is 0 Å². The number of hydrogen-bond donors (Lipinski definition) is 1. The summed E-state index contributed by atoms with van der Waals surface area (Å²) in [5.41, 5.74) is 1.33. The van der Waals surface area contributed by atoms with Crippen LogP contribution >= 0.6 is 15.9 Å². The minimum Gasteiger partial charge on any atom is -0.354 e. The molecule has 0 aromatic heterocycles. The summed E-state index contributed by atoms with van der Waals surface area (Å²) >= 11 is 3.38. The van der Waals surface area contributed by atoms with Gasteiger partial charge in [0.25, 0.3) is 0 Å². The largest absolute Gasteiger partial charge is 0.354 e. The van der Waals surface area contributed by atoms with Gasteiger partial charge in [-0.05, 0) is 50.1 Å². The molecule has 35 heavy (non-hydrogen) atoms. The van der Waals surface area contributed by atoms with E-state index in [0.29, 0.717) is 12.1 Å². The number of sulfonamides is 1. The maximum Gasteiger partial charge on any atom is 0.244 e. The number of hydrogen-bond acceptors (Lipinski definition) is 5. The van der Waals surface area contributed by atoms with E-state index in [0.717, 1.165) is 33.4 Å². The van der Waals surface area contributed by atoms with E-state index >= 15 is 0 Å². The van der Waals surface area contributed by atoms with Crippen molar-refractivity contribution in [2.45, 2.75) is 46.2 Å². The lowest BCUT2D eigenvalue weighted by atomic mass is 10.1. The van der Waals surface area contributed by atoms with Crippen LogP contribution in [-0.2, 0) is 26.2 Å². The van der Waals surface area contributed by atoms with Crippen LogP contribution in [0.1, 0.15) is 49.5 Å². The Bertz CT molecular complexity index is 1150. The lowest BCUT2D eigenvalue weighted by molar-refractivity contribution is -0.139.